The molecule has 4 aliphatic rings. The van der Waals surface area contributed by atoms with Crippen molar-refractivity contribution in [1.82, 2.24) is 25.1 Å². The van der Waals surface area contributed by atoms with Gasteiger partial charge < -0.3 is 19.9 Å². The van der Waals surface area contributed by atoms with Crippen LogP contribution in [-0.4, -0.2) is 81.2 Å². The minimum atomic E-state index is -0.669. The van der Waals surface area contributed by atoms with Crippen LogP contribution in [0.1, 0.15) is 61.1 Å². The fraction of sp³-hybridized carbons (Fsp3) is 0.536. The molecule has 12 nitrogen and oxygen atoms in total. The number of ether oxygens (including phenoxy) is 1. The SMILES string of the molecule is Cc1cc2nc(n1)-c1ccc(c([N+](=O)[O-])c1)OC[C@@H]1CCCN1C(=O)[C@@H](NC(=O)C1CC1)CCCCN(C)C2=O. The van der Waals surface area contributed by atoms with Crippen LogP contribution in [0.3, 0.4) is 0 Å². The Hall–Kier alpha value is -4.09. The first kappa shape index (κ1) is 27.5. The predicted octanol–water partition coefficient (Wildman–Crippen LogP) is 2.88. The van der Waals surface area contributed by atoms with Gasteiger partial charge in [0.05, 0.1) is 11.0 Å². The van der Waals surface area contributed by atoms with E-state index in [0.717, 1.165) is 19.3 Å². The maximum absolute atomic E-state index is 13.7. The highest BCUT2D eigenvalue weighted by atomic mass is 16.6. The van der Waals surface area contributed by atoms with Crippen molar-refractivity contribution in [2.45, 2.75) is 64.0 Å². The maximum atomic E-state index is 13.7. The summed E-state index contributed by atoms with van der Waals surface area (Å²) in [6, 6.07) is 5.13. The Morgan fingerprint density at radius 3 is 2.62 bits per heavy atom. The van der Waals surface area contributed by atoms with Crippen LogP contribution in [0.4, 0.5) is 5.69 Å². The number of aryl methyl sites for hydroxylation is 1. The van der Waals surface area contributed by atoms with E-state index in [4.69, 9.17) is 4.74 Å². The lowest BCUT2D eigenvalue weighted by atomic mass is 10.1. The van der Waals surface area contributed by atoms with Crippen molar-refractivity contribution in [2.75, 3.05) is 26.7 Å². The molecule has 1 aromatic heterocycles. The van der Waals surface area contributed by atoms with Gasteiger partial charge in [-0.25, -0.2) is 9.97 Å². The van der Waals surface area contributed by atoms with E-state index in [1.165, 1.54) is 12.1 Å². The van der Waals surface area contributed by atoms with Gasteiger partial charge in [0, 0.05) is 43.4 Å². The van der Waals surface area contributed by atoms with Gasteiger partial charge >= 0.3 is 5.69 Å². The van der Waals surface area contributed by atoms with Gasteiger partial charge in [-0.2, -0.15) is 0 Å². The molecule has 2 atom stereocenters. The first-order chi connectivity index (χ1) is 19.2. The molecule has 0 radical (unpaired) electrons. The zero-order valence-electron chi connectivity index (χ0n) is 22.8. The fourth-order valence-corrected chi connectivity index (χ4v) is 5.30. The third-order valence-corrected chi connectivity index (χ3v) is 7.72. The highest BCUT2D eigenvalue weighted by Gasteiger charge is 2.37. The summed E-state index contributed by atoms with van der Waals surface area (Å²) in [4.78, 5) is 63.0. The minimum absolute atomic E-state index is 0.0315. The molecule has 3 aliphatic heterocycles. The molecule has 2 fully saturated rings. The Balaban J connectivity index is 1.47. The second-order valence-electron chi connectivity index (χ2n) is 10.9. The number of fused-ring (bicyclic) bond motifs is 10. The van der Waals surface area contributed by atoms with Crippen LogP contribution in [0.25, 0.3) is 11.4 Å². The van der Waals surface area contributed by atoms with E-state index in [1.807, 2.05) is 0 Å². The molecule has 4 bridgehead atoms. The number of hydrogen-bond acceptors (Lipinski definition) is 8. The molecule has 4 heterocycles. The minimum Gasteiger partial charge on any atom is -0.485 e. The quantitative estimate of drug-likeness (QED) is 0.453. The van der Waals surface area contributed by atoms with E-state index < -0.39 is 11.0 Å². The molecule has 6 rings (SSSR count). The first-order valence-corrected chi connectivity index (χ1v) is 13.8. The fourth-order valence-electron chi connectivity index (χ4n) is 5.30. The average Bonchev–Trinajstić information content (AvgIpc) is 3.69. The molecule has 1 N–H and O–H groups in total. The van der Waals surface area contributed by atoms with E-state index in [0.29, 0.717) is 50.0 Å². The molecule has 12 heteroatoms. The number of nitrogens with one attached hydrogen (secondary N) is 1. The van der Waals surface area contributed by atoms with Crippen molar-refractivity contribution in [3.05, 3.63) is 45.8 Å². The largest absolute Gasteiger partial charge is 0.485 e. The predicted molar refractivity (Wildman–Crippen MR) is 145 cm³/mol. The number of rotatable bonds is 3. The van der Waals surface area contributed by atoms with Gasteiger partial charge in [0.25, 0.3) is 5.91 Å². The first-order valence-electron chi connectivity index (χ1n) is 13.8. The molecule has 2 aromatic rings. The van der Waals surface area contributed by atoms with Crippen LogP contribution >= 0.6 is 0 Å². The van der Waals surface area contributed by atoms with Gasteiger partial charge in [-0.3, -0.25) is 24.5 Å². The molecular formula is C28H34N6O6. The van der Waals surface area contributed by atoms with Gasteiger partial charge in [-0.1, -0.05) is 0 Å². The lowest BCUT2D eigenvalue weighted by Gasteiger charge is -2.29. The third-order valence-electron chi connectivity index (χ3n) is 7.72. The lowest BCUT2D eigenvalue weighted by molar-refractivity contribution is -0.385. The van der Waals surface area contributed by atoms with Crippen LogP contribution in [0.2, 0.25) is 0 Å². The van der Waals surface area contributed by atoms with Crippen molar-refractivity contribution >= 4 is 23.4 Å². The van der Waals surface area contributed by atoms with Crippen molar-refractivity contribution in [1.29, 1.82) is 0 Å². The second-order valence-corrected chi connectivity index (χ2v) is 10.9. The standard InChI is InChI=1S/C28H34N6O6/c1-17-14-22-27(36)32(2)12-4-3-7-21(31-26(35)18-8-9-18)28(37)33-13-5-6-20(33)16-40-24-11-10-19(25(29-17)30-22)15-23(24)34(38)39/h10-11,14-15,18,20-21H,3-9,12-13,16H2,1-2H3,(H,31,35)/t20-,21-/m0/s1. The summed E-state index contributed by atoms with van der Waals surface area (Å²) in [5.41, 5.74) is 0.890. The topological polar surface area (TPSA) is 148 Å². The number of carbonyl (C=O) groups is 3. The van der Waals surface area contributed by atoms with Crippen LogP contribution < -0.4 is 10.1 Å². The number of aromatic nitrogens is 2. The van der Waals surface area contributed by atoms with Crippen LogP contribution in [0.15, 0.2) is 24.3 Å². The zero-order chi connectivity index (χ0) is 28.4. The summed E-state index contributed by atoms with van der Waals surface area (Å²) in [6.07, 6.45) is 4.88. The molecule has 1 aromatic carbocycles. The molecule has 0 spiro atoms. The van der Waals surface area contributed by atoms with E-state index >= 15 is 0 Å². The summed E-state index contributed by atoms with van der Waals surface area (Å²) in [7, 11) is 1.69. The van der Waals surface area contributed by atoms with Crippen molar-refractivity contribution in [2.24, 2.45) is 5.92 Å². The Morgan fingerprint density at radius 1 is 1.07 bits per heavy atom. The van der Waals surface area contributed by atoms with Gasteiger partial charge in [0.1, 0.15) is 18.3 Å². The number of hydrogen-bond donors (Lipinski definition) is 1. The summed E-state index contributed by atoms with van der Waals surface area (Å²) < 4.78 is 5.93. The summed E-state index contributed by atoms with van der Waals surface area (Å²) in [5, 5.41) is 14.9. The zero-order valence-corrected chi connectivity index (χ0v) is 22.8. The van der Waals surface area contributed by atoms with Crippen molar-refractivity contribution in [3.8, 4) is 17.1 Å². The highest BCUT2D eigenvalue weighted by Crippen LogP contribution is 2.33. The average molecular weight is 551 g/mol. The van der Waals surface area contributed by atoms with Gasteiger partial charge in [-0.15, -0.1) is 0 Å². The lowest BCUT2D eigenvalue weighted by Crippen LogP contribution is -2.51. The number of nitro groups is 1. The molecule has 3 amide bonds. The highest BCUT2D eigenvalue weighted by molar-refractivity contribution is 5.92. The van der Waals surface area contributed by atoms with Gasteiger partial charge in [0.15, 0.2) is 11.6 Å². The Bertz CT molecular complexity index is 1330. The normalized spacial score (nSPS) is 22.1. The van der Waals surface area contributed by atoms with Gasteiger partial charge in [0.2, 0.25) is 11.8 Å². The molecule has 212 valence electrons. The molecular weight excluding hydrogens is 516 g/mol. The molecule has 1 saturated heterocycles. The molecule has 1 saturated carbocycles. The van der Waals surface area contributed by atoms with E-state index in [9.17, 15) is 24.5 Å². The number of benzene rings is 1. The van der Waals surface area contributed by atoms with E-state index in [2.05, 4.69) is 15.3 Å². The van der Waals surface area contributed by atoms with Crippen molar-refractivity contribution < 1.29 is 24.0 Å². The molecule has 40 heavy (non-hydrogen) atoms. The number of amides is 3. The number of carbonyl (C=O) groups excluding carboxylic acids is 3. The number of nitrogens with zero attached hydrogens (tertiary/aromatic N) is 5. The van der Waals surface area contributed by atoms with Gasteiger partial charge in [-0.05, 0) is 70.1 Å². The monoisotopic (exact) mass is 550 g/mol. The Kier molecular flexibility index (Phi) is 7.95. The van der Waals surface area contributed by atoms with Crippen LogP contribution in [-0.2, 0) is 9.59 Å². The second kappa shape index (κ2) is 11.6. The third kappa shape index (κ3) is 6.05. The van der Waals surface area contributed by atoms with Crippen LogP contribution in [0, 0.1) is 23.0 Å². The van der Waals surface area contributed by atoms with Crippen molar-refractivity contribution in [3.63, 3.8) is 0 Å². The summed E-state index contributed by atoms with van der Waals surface area (Å²) in [5.74, 6) is -0.292. The van der Waals surface area contributed by atoms with Crippen LogP contribution in [0.5, 0.6) is 5.75 Å². The Morgan fingerprint density at radius 2 is 1.88 bits per heavy atom. The van der Waals surface area contributed by atoms with E-state index in [1.54, 1.807) is 35.9 Å². The summed E-state index contributed by atoms with van der Waals surface area (Å²) in [6.45, 7) is 2.81. The smallest absolute Gasteiger partial charge is 0.311 e. The summed E-state index contributed by atoms with van der Waals surface area (Å²) >= 11 is 0. The van der Waals surface area contributed by atoms with E-state index in [-0.39, 0.29) is 59.2 Å². The molecule has 1 aliphatic carbocycles. The Labute approximate surface area is 232 Å². The molecule has 0 unspecified atom stereocenters. The maximum Gasteiger partial charge on any atom is 0.311 e. The number of nitro benzene ring substituents is 1.